The lowest BCUT2D eigenvalue weighted by atomic mass is 9.43. The van der Waals surface area contributed by atoms with Crippen LogP contribution in [0.2, 0.25) is 0 Å². The molecule has 0 heterocycles. The van der Waals surface area contributed by atoms with Gasteiger partial charge in [-0.05, 0) is 163 Å². The van der Waals surface area contributed by atoms with Crippen molar-refractivity contribution in [2.75, 3.05) is 0 Å². The zero-order chi connectivity index (χ0) is 23.9. The molecule has 0 atom stereocenters. The Hall–Kier alpha value is -0.220. The van der Waals surface area contributed by atoms with Crippen molar-refractivity contribution in [1.29, 1.82) is 0 Å². The Bertz CT molecular complexity index is 853. The van der Waals surface area contributed by atoms with Crippen molar-refractivity contribution in [2.24, 2.45) is 58.2 Å². The van der Waals surface area contributed by atoms with E-state index in [0.717, 1.165) is 47.3 Å². The quantitative estimate of drug-likeness (QED) is 0.377. The van der Waals surface area contributed by atoms with Gasteiger partial charge in [-0.1, -0.05) is 24.4 Å². The molecule has 2 nitrogen and oxygen atoms in total. The number of nitrogens with one attached hydrogen (secondary N) is 2. The lowest BCUT2D eigenvalue weighted by molar-refractivity contribution is -0.0521. The van der Waals surface area contributed by atoms with Crippen molar-refractivity contribution in [3.05, 3.63) is 0 Å². The highest BCUT2D eigenvalue weighted by atomic mass is 32.1. The van der Waals surface area contributed by atoms with Gasteiger partial charge in [0.2, 0.25) is 0 Å². The van der Waals surface area contributed by atoms with Crippen molar-refractivity contribution in [2.45, 2.75) is 127 Å². The molecule has 0 aromatic rings. The van der Waals surface area contributed by atoms with Crippen molar-refractivity contribution < 1.29 is 0 Å². The Kier molecular flexibility index (Phi) is 4.57. The van der Waals surface area contributed by atoms with Crippen LogP contribution in [-0.2, 0) is 0 Å². The van der Waals surface area contributed by atoms with E-state index >= 15 is 0 Å². The van der Waals surface area contributed by atoms with Gasteiger partial charge in [0, 0.05) is 21.9 Å². The summed E-state index contributed by atoms with van der Waals surface area (Å²) in [5.41, 5.74) is 1.16. The molecule has 12 rings (SSSR count). The van der Waals surface area contributed by atoms with E-state index in [-0.39, 0.29) is 10.8 Å². The van der Waals surface area contributed by atoms with Crippen LogP contribution in [0, 0.1) is 58.2 Å². The third-order valence-corrected chi connectivity index (χ3v) is 14.9. The van der Waals surface area contributed by atoms with Gasteiger partial charge in [-0.2, -0.15) is 0 Å². The number of hydrogen-bond acceptors (Lipinski definition) is 2. The predicted octanol–water partition coefficient (Wildman–Crippen LogP) is 7.34. The first-order chi connectivity index (χ1) is 17.3. The fourth-order valence-corrected chi connectivity index (χ4v) is 15.0. The third-order valence-electron chi connectivity index (χ3n) is 13.9. The molecule has 0 spiro atoms. The molecule has 36 heavy (non-hydrogen) atoms. The van der Waals surface area contributed by atoms with E-state index in [4.69, 9.17) is 24.4 Å². The SMILES string of the molecule is S=C(NC12CC3CC(CC(C3)C1)C2)C12CC3CC(C1)CC(C(=S)NC14CC5CC(CC(C5)C1)C4)(C3)C2. The monoisotopic (exact) mass is 522 g/mol. The first-order valence-corrected chi connectivity index (χ1v) is 16.8. The van der Waals surface area contributed by atoms with Gasteiger partial charge in [-0.15, -0.1) is 0 Å². The Balaban J connectivity index is 0.978. The van der Waals surface area contributed by atoms with Crippen LogP contribution in [-0.4, -0.2) is 21.1 Å². The standard InChI is InChI=1S/C32H46N2S2/c35-27(33-31-12-19-1-20(13-31)3-21(2-19)14-31)29-8-25-7-26(9-29)11-30(10-25,18-29)28(36)34-32-15-22-4-23(16-32)6-24(5-22)17-32/h19-26H,1-18H2,(H,33,35)(H,34,36). The third kappa shape index (κ3) is 3.24. The van der Waals surface area contributed by atoms with Crippen LogP contribution in [0.4, 0.5) is 0 Å². The average Bonchev–Trinajstić information content (AvgIpc) is 2.75. The number of thiocarbonyl (C=S) groups is 2. The minimum atomic E-state index is 0.232. The van der Waals surface area contributed by atoms with E-state index in [1.54, 1.807) is 0 Å². The fraction of sp³-hybridized carbons (Fsp3) is 0.938. The molecule has 12 bridgehead atoms. The first kappa shape index (κ1) is 22.6. The summed E-state index contributed by atoms with van der Waals surface area (Å²) < 4.78 is 0. The topological polar surface area (TPSA) is 24.1 Å². The number of hydrogen-bond donors (Lipinski definition) is 2. The molecule has 12 saturated carbocycles. The van der Waals surface area contributed by atoms with Gasteiger partial charge in [0.15, 0.2) is 0 Å². The summed E-state index contributed by atoms with van der Waals surface area (Å²) in [5.74, 6) is 7.56. The van der Waals surface area contributed by atoms with Crippen molar-refractivity contribution in [1.82, 2.24) is 10.6 Å². The van der Waals surface area contributed by atoms with E-state index in [1.165, 1.54) is 126 Å². The van der Waals surface area contributed by atoms with Gasteiger partial charge in [-0.25, -0.2) is 0 Å². The van der Waals surface area contributed by atoms with E-state index < -0.39 is 0 Å². The zero-order valence-electron chi connectivity index (χ0n) is 22.2. The van der Waals surface area contributed by atoms with Crippen LogP contribution in [0.3, 0.4) is 0 Å². The van der Waals surface area contributed by atoms with Gasteiger partial charge < -0.3 is 10.6 Å². The highest BCUT2D eigenvalue weighted by Crippen LogP contribution is 2.67. The molecular weight excluding hydrogens is 477 g/mol. The molecule has 0 unspecified atom stereocenters. The van der Waals surface area contributed by atoms with E-state index in [1.807, 2.05) is 0 Å². The lowest BCUT2D eigenvalue weighted by Gasteiger charge is -2.65. The van der Waals surface area contributed by atoms with Gasteiger partial charge in [-0.3, -0.25) is 0 Å². The molecule has 0 radical (unpaired) electrons. The zero-order valence-corrected chi connectivity index (χ0v) is 23.8. The van der Waals surface area contributed by atoms with Crippen LogP contribution in [0.25, 0.3) is 0 Å². The molecule has 0 amide bonds. The minimum absolute atomic E-state index is 0.232. The molecule has 2 N–H and O–H groups in total. The Morgan fingerprint density at radius 1 is 0.417 bits per heavy atom. The highest BCUT2D eigenvalue weighted by Gasteiger charge is 2.63. The second kappa shape index (κ2) is 7.29. The van der Waals surface area contributed by atoms with Crippen molar-refractivity contribution in [3.8, 4) is 0 Å². The highest BCUT2D eigenvalue weighted by molar-refractivity contribution is 7.80. The van der Waals surface area contributed by atoms with E-state index in [2.05, 4.69) is 10.6 Å². The molecule has 12 fully saturated rings. The van der Waals surface area contributed by atoms with Crippen LogP contribution < -0.4 is 10.6 Å². The molecule has 0 saturated heterocycles. The van der Waals surface area contributed by atoms with Crippen LogP contribution in [0.5, 0.6) is 0 Å². The molecule has 196 valence electrons. The van der Waals surface area contributed by atoms with E-state index in [9.17, 15) is 0 Å². The molecule has 0 aromatic carbocycles. The predicted molar refractivity (Wildman–Crippen MR) is 153 cm³/mol. The molecule has 0 aliphatic heterocycles. The summed E-state index contributed by atoms with van der Waals surface area (Å²) in [6, 6.07) is 0. The van der Waals surface area contributed by atoms with Crippen LogP contribution >= 0.6 is 24.4 Å². The van der Waals surface area contributed by atoms with Gasteiger partial charge in [0.05, 0.1) is 9.98 Å². The normalized spacial score (nSPS) is 58.9. The molecule has 0 aromatic heterocycles. The van der Waals surface area contributed by atoms with Gasteiger partial charge in [0.25, 0.3) is 0 Å². The smallest absolute Gasteiger partial charge is 0.0820 e. The van der Waals surface area contributed by atoms with Crippen molar-refractivity contribution in [3.63, 3.8) is 0 Å². The largest absolute Gasteiger partial charge is 0.374 e. The Morgan fingerprint density at radius 3 is 1.00 bits per heavy atom. The van der Waals surface area contributed by atoms with Crippen LogP contribution in [0.15, 0.2) is 0 Å². The molecular formula is C32H46N2S2. The average molecular weight is 523 g/mol. The fourth-order valence-electron chi connectivity index (χ4n) is 14.1. The maximum atomic E-state index is 6.49. The Labute approximate surface area is 229 Å². The second-order valence-electron chi connectivity index (χ2n) is 16.8. The summed E-state index contributed by atoms with van der Waals surface area (Å²) in [4.78, 5) is 2.58. The summed E-state index contributed by atoms with van der Waals surface area (Å²) >= 11 is 13.0. The Morgan fingerprint density at radius 2 is 0.694 bits per heavy atom. The minimum Gasteiger partial charge on any atom is -0.374 e. The molecule has 12 aliphatic rings. The van der Waals surface area contributed by atoms with Gasteiger partial charge in [0.1, 0.15) is 0 Å². The lowest BCUT2D eigenvalue weighted by Crippen LogP contribution is -2.67. The van der Waals surface area contributed by atoms with Crippen molar-refractivity contribution >= 4 is 34.4 Å². The van der Waals surface area contributed by atoms with Crippen LogP contribution in [0.1, 0.15) is 116 Å². The maximum Gasteiger partial charge on any atom is 0.0820 e. The molecule has 12 aliphatic carbocycles. The second-order valence-corrected chi connectivity index (χ2v) is 17.6. The summed E-state index contributed by atoms with van der Waals surface area (Å²) in [6.45, 7) is 0. The summed E-state index contributed by atoms with van der Waals surface area (Å²) in [6.07, 6.45) is 25.6. The number of rotatable bonds is 4. The van der Waals surface area contributed by atoms with E-state index in [0.29, 0.717) is 11.1 Å². The molecule has 4 heteroatoms. The maximum absolute atomic E-state index is 6.49. The summed E-state index contributed by atoms with van der Waals surface area (Å²) in [7, 11) is 0. The van der Waals surface area contributed by atoms with Gasteiger partial charge >= 0.3 is 0 Å². The first-order valence-electron chi connectivity index (χ1n) is 15.9. The summed E-state index contributed by atoms with van der Waals surface area (Å²) in [5, 5.41) is 8.46.